The third kappa shape index (κ3) is 6.15. The summed E-state index contributed by atoms with van der Waals surface area (Å²) in [4.78, 5) is 38.9. The summed E-state index contributed by atoms with van der Waals surface area (Å²) in [6, 6.07) is 19.8. The van der Waals surface area contributed by atoms with E-state index in [4.69, 9.17) is 14.2 Å². The SMILES string of the molecule is COc1ccc(C2SC[C@H](NC(=O)[C@@H](NC(=O)OCC3c4ccccc4-c4ccccc43)C(C)C)C2C(=O)O)c(OC)c1. The zero-order valence-corrected chi connectivity index (χ0v) is 25.4. The van der Waals surface area contributed by atoms with Gasteiger partial charge in [-0.2, -0.15) is 11.8 Å². The van der Waals surface area contributed by atoms with E-state index in [1.807, 2.05) is 50.2 Å². The maximum Gasteiger partial charge on any atom is 0.407 e. The highest BCUT2D eigenvalue weighted by molar-refractivity contribution is 7.99. The Hall–Kier alpha value is -4.18. The molecule has 43 heavy (non-hydrogen) atoms. The van der Waals surface area contributed by atoms with Gasteiger partial charge < -0.3 is 30.0 Å². The van der Waals surface area contributed by atoms with Gasteiger partial charge in [-0.05, 0) is 34.2 Å². The Morgan fingerprint density at radius 1 is 0.930 bits per heavy atom. The molecule has 0 aromatic heterocycles. The molecule has 10 heteroatoms. The van der Waals surface area contributed by atoms with E-state index in [0.717, 1.165) is 27.8 Å². The van der Waals surface area contributed by atoms with Crippen LogP contribution in [-0.4, -0.2) is 61.7 Å². The van der Waals surface area contributed by atoms with Crippen molar-refractivity contribution in [2.45, 2.75) is 37.1 Å². The lowest BCUT2D eigenvalue weighted by molar-refractivity contribution is -0.142. The third-order valence-electron chi connectivity index (χ3n) is 8.14. The van der Waals surface area contributed by atoms with Crippen molar-refractivity contribution in [3.63, 3.8) is 0 Å². The van der Waals surface area contributed by atoms with Gasteiger partial charge in [-0.1, -0.05) is 68.4 Å². The molecule has 3 N–H and O–H groups in total. The van der Waals surface area contributed by atoms with E-state index in [9.17, 15) is 19.5 Å². The number of rotatable bonds is 10. The number of carbonyl (C=O) groups is 3. The molecule has 226 valence electrons. The van der Waals surface area contributed by atoms with E-state index >= 15 is 0 Å². The topological polar surface area (TPSA) is 123 Å². The van der Waals surface area contributed by atoms with Gasteiger partial charge in [0.05, 0.1) is 26.2 Å². The van der Waals surface area contributed by atoms with E-state index in [0.29, 0.717) is 17.3 Å². The molecule has 9 nitrogen and oxygen atoms in total. The van der Waals surface area contributed by atoms with E-state index in [2.05, 4.69) is 22.8 Å². The molecule has 3 aromatic carbocycles. The number of benzene rings is 3. The maximum absolute atomic E-state index is 13.5. The van der Waals surface area contributed by atoms with Crippen LogP contribution < -0.4 is 20.1 Å². The number of aliphatic carboxylic acids is 1. The van der Waals surface area contributed by atoms with Gasteiger partial charge >= 0.3 is 12.1 Å². The number of hydrogen-bond acceptors (Lipinski definition) is 7. The highest BCUT2D eigenvalue weighted by Gasteiger charge is 2.45. The Balaban J connectivity index is 1.25. The molecule has 1 aliphatic heterocycles. The second-order valence-electron chi connectivity index (χ2n) is 11.0. The quantitative estimate of drug-likeness (QED) is 0.287. The van der Waals surface area contributed by atoms with Crippen LogP contribution in [-0.2, 0) is 14.3 Å². The van der Waals surface area contributed by atoms with Crippen molar-refractivity contribution in [3.8, 4) is 22.6 Å². The molecule has 1 saturated heterocycles. The third-order valence-corrected chi connectivity index (χ3v) is 9.60. The van der Waals surface area contributed by atoms with Crippen molar-refractivity contribution in [3.05, 3.63) is 83.4 Å². The number of carboxylic acids is 1. The number of carbonyl (C=O) groups excluding carboxylic acids is 2. The average Bonchev–Trinajstić information content (AvgIpc) is 3.57. The molecule has 4 atom stereocenters. The van der Waals surface area contributed by atoms with Gasteiger partial charge in [-0.15, -0.1) is 0 Å². The molecular formula is C33H36N2O7S. The molecule has 3 aromatic rings. The summed E-state index contributed by atoms with van der Waals surface area (Å²) in [6.07, 6.45) is -0.702. The van der Waals surface area contributed by atoms with Gasteiger partial charge in [0, 0.05) is 28.6 Å². The first-order chi connectivity index (χ1) is 20.7. The number of methoxy groups -OCH3 is 2. The van der Waals surface area contributed by atoms with Crippen LogP contribution in [0.4, 0.5) is 4.79 Å². The van der Waals surface area contributed by atoms with Gasteiger partial charge in [0.2, 0.25) is 5.91 Å². The van der Waals surface area contributed by atoms with Crippen LogP contribution in [0.3, 0.4) is 0 Å². The second-order valence-corrected chi connectivity index (χ2v) is 12.2. The standard InChI is InChI=1S/C33H36N2O7S/c1-18(2)29(35-33(39)42-16-25-22-11-7-5-9-20(22)21-10-6-8-12-23(21)25)31(36)34-26-17-43-30(28(26)32(37)38)24-14-13-19(40-3)15-27(24)41-4/h5-15,18,25-26,28-30H,16-17H2,1-4H3,(H,34,36)(H,35,39)(H,37,38)/t26-,28?,29-,30?/m0/s1. The highest BCUT2D eigenvalue weighted by Crippen LogP contribution is 2.48. The Morgan fingerprint density at radius 2 is 1.58 bits per heavy atom. The first-order valence-corrected chi connectivity index (χ1v) is 15.3. The van der Waals surface area contributed by atoms with Gasteiger partial charge in [-0.3, -0.25) is 9.59 Å². The Bertz CT molecular complexity index is 1460. The summed E-state index contributed by atoms with van der Waals surface area (Å²) in [5.41, 5.74) is 5.15. The first-order valence-electron chi connectivity index (χ1n) is 14.2. The van der Waals surface area contributed by atoms with Crippen molar-refractivity contribution in [2.75, 3.05) is 26.6 Å². The van der Waals surface area contributed by atoms with Gasteiger partial charge in [-0.25, -0.2) is 4.79 Å². The number of carboxylic acid groups (broad SMARTS) is 1. The van der Waals surface area contributed by atoms with Gasteiger partial charge in [0.1, 0.15) is 24.1 Å². The molecule has 0 saturated carbocycles. The zero-order valence-electron chi connectivity index (χ0n) is 24.5. The number of nitrogens with one attached hydrogen (secondary N) is 2. The predicted octanol–water partition coefficient (Wildman–Crippen LogP) is 5.24. The van der Waals surface area contributed by atoms with Gasteiger partial charge in [0.15, 0.2) is 0 Å². The number of thioether (sulfide) groups is 1. The van der Waals surface area contributed by atoms with Crippen LogP contribution in [0.2, 0.25) is 0 Å². The largest absolute Gasteiger partial charge is 0.497 e. The minimum Gasteiger partial charge on any atom is -0.497 e. The van der Waals surface area contributed by atoms with Crippen molar-refractivity contribution in [1.82, 2.24) is 10.6 Å². The molecule has 1 heterocycles. The van der Waals surface area contributed by atoms with Crippen LogP contribution in [0.5, 0.6) is 11.5 Å². The Labute approximate surface area is 255 Å². The average molecular weight is 605 g/mol. The highest BCUT2D eigenvalue weighted by atomic mass is 32.2. The number of hydrogen-bond donors (Lipinski definition) is 3. The van der Waals surface area contributed by atoms with Crippen LogP contribution in [0, 0.1) is 11.8 Å². The van der Waals surface area contributed by atoms with Crippen molar-refractivity contribution in [2.24, 2.45) is 11.8 Å². The van der Waals surface area contributed by atoms with Crippen LogP contribution in [0.15, 0.2) is 66.7 Å². The fourth-order valence-electron chi connectivity index (χ4n) is 5.97. The first kappa shape index (κ1) is 30.3. The van der Waals surface area contributed by atoms with Crippen LogP contribution in [0.25, 0.3) is 11.1 Å². The lowest BCUT2D eigenvalue weighted by Crippen LogP contribution is -2.54. The summed E-state index contributed by atoms with van der Waals surface area (Å²) in [7, 11) is 3.07. The van der Waals surface area contributed by atoms with Crippen molar-refractivity contribution in [1.29, 1.82) is 0 Å². The zero-order chi connectivity index (χ0) is 30.7. The van der Waals surface area contributed by atoms with E-state index in [1.54, 1.807) is 25.3 Å². The molecule has 1 aliphatic carbocycles. The normalized spacial score (nSPS) is 19.7. The van der Waals surface area contributed by atoms with E-state index in [-0.39, 0.29) is 18.4 Å². The molecule has 2 amide bonds. The fraction of sp³-hybridized carbons (Fsp3) is 0.364. The molecule has 2 aliphatic rings. The lowest BCUT2D eigenvalue weighted by atomic mass is 9.91. The van der Waals surface area contributed by atoms with Gasteiger partial charge in [0.25, 0.3) is 0 Å². The molecular weight excluding hydrogens is 568 g/mol. The molecule has 0 radical (unpaired) electrons. The van der Waals surface area contributed by atoms with E-state index in [1.165, 1.54) is 18.9 Å². The molecule has 0 spiro atoms. The van der Waals surface area contributed by atoms with E-state index < -0.39 is 41.2 Å². The summed E-state index contributed by atoms with van der Waals surface area (Å²) >= 11 is 1.44. The number of amides is 2. The monoisotopic (exact) mass is 604 g/mol. The van der Waals surface area contributed by atoms with Crippen molar-refractivity contribution < 1.29 is 33.7 Å². The number of alkyl carbamates (subject to hydrolysis) is 1. The summed E-state index contributed by atoms with van der Waals surface area (Å²) in [5, 5.41) is 15.4. The smallest absolute Gasteiger partial charge is 0.407 e. The Morgan fingerprint density at radius 3 is 2.16 bits per heavy atom. The fourth-order valence-corrected chi connectivity index (χ4v) is 7.56. The summed E-state index contributed by atoms with van der Waals surface area (Å²) < 4.78 is 16.5. The van der Waals surface area contributed by atoms with Crippen molar-refractivity contribution >= 4 is 29.7 Å². The lowest BCUT2D eigenvalue weighted by Gasteiger charge is -2.26. The minimum atomic E-state index is -1.02. The Kier molecular flexibility index (Phi) is 9.15. The molecule has 2 unspecified atom stereocenters. The number of ether oxygens (including phenoxy) is 3. The second kappa shape index (κ2) is 13.0. The van der Waals surface area contributed by atoms with Crippen LogP contribution >= 0.6 is 11.8 Å². The summed E-state index contributed by atoms with van der Waals surface area (Å²) in [6.45, 7) is 3.76. The molecule has 0 bridgehead atoms. The van der Waals surface area contributed by atoms with Crippen LogP contribution in [0.1, 0.15) is 41.7 Å². The minimum absolute atomic E-state index is 0.108. The predicted molar refractivity (Wildman–Crippen MR) is 165 cm³/mol. The number of fused-ring (bicyclic) bond motifs is 3. The maximum atomic E-state index is 13.5. The molecule has 5 rings (SSSR count). The molecule has 1 fully saturated rings. The summed E-state index contributed by atoms with van der Waals surface area (Å²) in [5.74, 6) is -1.26.